The summed E-state index contributed by atoms with van der Waals surface area (Å²) in [5.74, 6) is 0.780. The monoisotopic (exact) mass is 454 g/mol. The molecule has 0 saturated heterocycles. The first kappa shape index (κ1) is 21.2. The van der Waals surface area contributed by atoms with E-state index in [1.165, 1.54) is 29.5 Å². The number of hydrogen-bond donors (Lipinski definition) is 1. The molecule has 2 aromatic heterocycles. The van der Waals surface area contributed by atoms with Crippen molar-refractivity contribution in [3.05, 3.63) is 87.0 Å². The van der Waals surface area contributed by atoms with Gasteiger partial charge in [0.25, 0.3) is 5.56 Å². The molecule has 1 unspecified atom stereocenters. The second kappa shape index (κ2) is 8.80. The van der Waals surface area contributed by atoms with E-state index in [-0.39, 0.29) is 11.6 Å². The van der Waals surface area contributed by atoms with Gasteiger partial charge in [0.1, 0.15) is 6.04 Å². The third kappa shape index (κ3) is 3.74. The molecular weight excluding hydrogens is 424 g/mol. The highest BCUT2D eigenvalue weighted by atomic mass is 16.1. The fraction of sp³-hybridized carbons (Fsp3) is 0.407. The van der Waals surface area contributed by atoms with Gasteiger partial charge >= 0.3 is 0 Å². The van der Waals surface area contributed by atoms with Gasteiger partial charge in [-0.3, -0.25) is 9.69 Å². The third-order valence-corrected chi connectivity index (χ3v) is 7.60. The van der Waals surface area contributed by atoms with Gasteiger partial charge in [-0.1, -0.05) is 50.1 Å². The van der Waals surface area contributed by atoms with Gasteiger partial charge in [-0.05, 0) is 76.4 Å². The van der Waals surface area contributed by atoms with E-state index in [1.807, 2.05) is 10.7 Å². The highest BCUT2D eigenvalue weighted by Gasteiger charge is 2.34. The summed E-state index contributed by atoms with van der Waals surface area (Å²) in [5.41, 5.74) is 5.46. The molecular formula is C27H30N6O. The minimum Gasteiger partial charge on any atom is -0.322 e. The van der Waals surface area contributed by atoms with Crippen LogP contribution in [0.1, 0.15) is 72.8 Å². The van der Waals surface area contributed by atoms with E-state index < -0.39 is 0 Å². The lowest BCUT2D eigenvalue weighted by molar-refractivity contribution is 0.190. The van der Waals surface area contributed by atoms with Gasteiger partial charge in [0.05, 0.1) is 6.04 Å². The first-order chi connectivity index (χ1) is 16.7. The minimum absolute atomic E-state index is 0.0680. The predicted octanol–water partition coefficient (Wildman–Crippen LogP) is 4.34. The minimum atomic E-state index is -0.303. The maximum atomic E-state index is 13.5. The first-order valence-electron chi connectivity index (χ1n) is 12.5. The van der Waals surface area contributed by atoms with Crippen LogP contribution in [0.4, 0.5) is 0 Å². The van der Waals surface area contributed by atoms with Crippen molar-refractivity contribution in [3.8, 4) is 0 Å². The topological polar surface area (TPSA) is 79.7 Å². The smallest absolute Gasteiger partial charge is 0.253 e. The Bertz CT molecular complexity index is 1380. The second-order valence-corrected chi connectivity index (χ2v) is 9.64. The average molecular weight is 455 g/mol. The number of benzene rings is 2. The van der Waals surface area contributed by atoms with Crippen molar-refractivity contribution in [2.75, 3.05) is 6.54 Å². The molecule has 4 aromatic rings. The van der Waals surface area contributed by atoms with Crippen molar-refractivity contribution in [1.82, 2.24) is 30.1 Å². The fourth-order valence-corrected chi connectivity index (χ4v) is 5.72. The van der Waals surface area contributed by atoms with E-state index in [0.717, 1.165) is 55.5 Å². The van der Waals surface area contributed by atoms with Crippen LogP contribution in [0.5, 0.6) is 0 Å². The molecule has 34 heavy (non-hydrogen) atoms. The quantitative estimate of drug-likeness (QED) is 0.485. The van der Waals surface area contributed by atoms with E-state index in [2.05, 4.69) is 74.8 Å². The lowest BCUT2D eigenvalue weighted by Crippen LogP contribution is -2.39. The van der Waals surface area contributed by atoms with E-state index in [1.54, 1.807) is 0 Å². The molecule has 0 spiro atoms. The number of tetrazole rings is 1. The Balaban J connectivity index is 1.50. The number of aryl methyl sites for hydroxylation is 1. The predicted molar refractivity (Wildman–Crippen MR) is 132 cm³/mol. The summed E-state index contributed by atoms with van der Waals surface area (Å²) < 4.78 is 2.00. The molecule has 2 aromatic carbocycles. The number of hydrogen-bond acceptors (Lipinski definition) is 5. The molecule has 0 radical (unpaired) electrons. The molecule has 3 heterocycles. The molecule has 6 rings (SSSR count). The van der Waals surface area contributed by atoms with E-state index in [4.69, 9.17) is 0 Å². The number of aromatic nitrogens is 5. The lowest BCUT2D eigenvalue weighted by Gasteiger charge is -2.35. The number of pyridine rings is 1. The lowest BCUT2D eigenvalue weighted by atomic mass is 9.95. The summed E-state index contributed by atoms with van der Waals surface area (Å²) in [6.45, 7) is 3.77. The molecule has 7 nitrogen and oxygen atoms in total. The van der Waals surface area contributed by atoms with Crippen LogP contribution in [-0.2, 0) is 19.4 Å². The number of H-pyrrole nitrogens is 1. The average Bonchev–Trinajstić information content (AvgIpc) is 3.56. The number of nitrogens with zero attached hydrogens (tertiary/aromatic N) is 5. The first-order valence-corrected chi connectivity index (χ1v) is 12.5. The molecule has 1 aliphatic carbocycles. The number of fused-ring (bicyclic) bond motifs is 2. The van der Waals surface area contributed by atoms with Crippen LogP contribution in [-0.4, -0.2) is 36.6 Å². The molecule has 174 valence electrons. The van der Waals surface area contributed by atoms with Crippen LogP contribution in [0.25, 0.3) is 10.9 Å². The second-order valence-electron chi connectivity index (χ2n) is 9.64. The summed E-state index contributed by atoms with van der Waals surface area (Å²) >= 11 is 0. The fourth-order valence-electron chi connectivity index (χ4n) is 5.72. The van der Waals surface area contributed by atoms with Crippen LogP contribution >= 0.6 is 0 Å². The zero-order valence-electron chi connectivity index (χ0n) is 19.6. The maximum Gasteiger partial charge on any atom is 0.253 e. The molecule has 1 N–H and O–H groups in total. The van der Waals surface area contributed by atoms with Gasteiger partial charge < -0.3 is 4.98 Å². The Morgan fingerprint density at radius 3 is 2.74 bits per heavy atom. The Morgan fingerprint density at radius 1 is 1.09 bits per heavy atom. The third-order valence-electron chi connectivity index (χ3n) is 7.60. The Hall–Kier alpha value is -3.32. The van der Waals surface area contributed by atoms with E-state index in [0.29, 0.717) is 11.6 Å². The van der Waals surface area contributed by atoms with Crippen molar-refractivity contribution >= 4 is 10.9 Å². The van der Waals surface area contributed by atoms with E-state index in [9.17, 15) is 4.79 Å². The summed E-state index contributed by atoms with van der Waals surface area (Å²) in [4.78, 5) is 19.0. The standard InChI is InChI=1S/C27H30N6O/c1-2-18-11-12-24-21(15-18)16-23(27(34)28-24)25(26-29-30-31-33(26)22-9-5-6-10-22)32-14-13-19-7-3-4-8-20(19)17-32/h3-4,7-8,11-12,15-16,22,25H,2,5-6,9-10,13-14,17H2,1H3,(H,28,34). The highest BCUT2D eigenvalue weighted by molar-refractivity contribution is 5.80. The maximum absolute atomic E-state index is 13.5. The molecule has 0 bridgehead atoms. The molecule has 1 fully saturated rings. The summed E-state index contributed by atoms with van der Waals surface area (Å²) in [7, 11) is 0. The Kier molecular flexibility index (Phi) is 5.49. The summed E-state index contributed by atoms with van der Waals surface area (Å²) in [6.07, 6.45) is 6.47. The molecule has 2 aliphatic rings. The van der Waals surface area contributed by atoms with Gasteiger partial charge in [0.2, 0.25) is 0 Å². The van der Waals surface area contributed by atoms with Crippen LogP contribution in [0.3, 0.4) is 0 Å². The Labute approximate surface area is 198 Å². The zero-order valence-corrected chi connectivity index (χ0v) is 19.6. The summed E-state index contributed by atoms with van der Waals surface area (Å²) in [5, 5.41) is 14.1. The van der Waals surface area contributed by atoms with Crippen molar-refractivity contribution < 1.29 is 0 Å². The molecule has 7 heteroatoms. The van der Waals surface area contributed by atoms with Crippen LogP contribution in [0.15, 0.2) is 53.3 Å². The number of rotatable bonds is 5. The number of aromatic amines is 1. The van der Waals surface area contributed by atoms with Crippen molar-refractivity contribution in [1.29, 1.82) is 0 Å². The molecule has 1 saturated carbocycles. The van der Waals surface area contributed by atoms with Crippen LogP contribution in [0.2, 0.25) is 0 Å². The normalized spacial score (nSPS) is 17.8. The molecule has 0 amide bonds. The van der Waals surface area contributed by atoms with Crippen molar-refractivity contribution in [3.63, 3.8) is 0 Å². The van der Waals surface area contributed by atoms with Gasteiger partial charge in [0, 0.05) is 24.2 Å². The van der Waals surface area contributed by atoms with Crippen LogP contribution < -0.4 is 5.56 Å². The summed E-state index contributed by atoms with van der Waals surface area (Å²) in [6, 6.07) is 16.9. The van der Waals surface area contributed by atoms with Crippen LogP contribution in [0, 0.1) is 0 Å². The zero-order chi connectivity index (χ0) is 23.1. The number of nitrogens with one attached hydrogen (secondary N) is 1. The van der Waals surface area contributed by atoms with E-state index >= 15 is 0 Å². The van der Waals surface area contributed by atoms with Crippen molar-refractivity contribution in [2.24, 2.45) is 0 Å². The van der Waals surface area contributed by atoms with Gasteiger partial charge in [-0.15, -0.1) is 5.10 Å². The molecule has 1 aliphatic heterocycles. The van der Waals surface area contributed by atoms with Gasteiger partial charge in [-0.2, -0.15) is 0 Å². The SMILES string of the molecule is CCc1ccc2[nH]c(=O)c(C(c3nnnn3C3CCCC3)N3CCc4ccccc4C3)cc2c1. The molecule has 1 atom stereocenters. The largest absolute Gasteiger partial charge is 0.322 e. The van der Waals surface area contributed by atoms with Gasteiger partial charge in [0.15, 0.2) is 5.82 Å². The Morgan fingerprint density at radius 2 is 1.91 bits per heavy atom. The van der Waals surface area contributed by atoms with Crippen molar-refractivity contribution in [2.45, 2.75) is 64.1 Å². The highest BCUT2D eigenvalue weighted by Crippen LogP contribution is 2.35. The van der Waals surface area contributed by atoms with Gasteiger partial charge in [-0.25, -0.2) is 4.68 Å².